The summed E-state index contributed by atoms with van der Waals surface area (Å²) in [6.07, 6.45) is 3.93. The van der Waals surface area contributed by atoms with Gasteiger partial charge in [0.05, 0.1) is 11.6 Å². The van der Waals surface area contributed by atoms with Gasteiger partial charge in [-0.1, -0.05) is 12.1 Å². The lowest BCUT2D eigenvalue weighted by Crippen LogP contribution is -2.29. The highest BCUT2D eigenvalue weighted by Crippen LogP contribution is 2.41. The Hall–Kier alpha value is -4.00. The molecule has 7 heteroatoms. The van der Waals surface area contributed by atoms with Crippen LogP contribution in [0.15, 0.2) is 72.6 Å². The lowest BCUT2D eigenvalue weighted by molar-refractivity contribution is -0.140. The predicted octanol–water partition coefficient (Wildman–Crippen LogP) is 4.17. The number of pyridine rings is 1. The zero-order valence-electron chi connectivity index (χ0n) is 17.9. The van der Waals surface area contributed by atoms with Crippen molar-refractivity contribution in [1.29, 1.82) is 0 Å². The van der Waals surface area contributed by atoms with E-state index in [1.54, 1.807) is 42.7 Å². The van der Waals surface area contributed by atoms with E-state index in [0.717, 1.165) is 16.9 Å². The maximum atomic E-state index is 13.6. The number of aliphatic hydroxyl groups excluding tert-OH is 1. The Kier molecular flexibility index (Phi) is 5.17. The van der Waals surface area contributed by atoms with Crippen molar-refractivity contribution in [2.45, 2.75) is 32.0 Å². The van der Waals surface area contributed by atoms with Crippen molar-refractivity contribution in [2.75, 3.05) is 0 Å². The summed E-state index contributed by atoms with van der Waals surface area (Å²) in [6, 6.07) is 13.5. The van der Waals surface area contributed by atoms with Gasteiger partial charge in [-0.3, -0.25) is 14.6 Å². The molecule has 0 spiro atoms. The fourth-order valence-electron chi connectivity index (χ4n) is 4.44. The Morgan fingerprint density at radius 3 is 2.58 bits per heavy atom. The number of amides is 1. The number of hydrogen-bond acceptors (Lipinski definition) is 5. The van der Waals surface area contributed by atoms with Crippen LogP contribution in [0.25, 0.3) is 5.76 Å². The number of nitrogens with zero attached hydrogens (tertiary/aromatic N) is 2. The molecule has 1 N–H and O–H groups in total. The summed E-state index contributed by atoms with van der Waals surface area (Å²) in [7, 11) is 0. The molecule has 2 unspecified atom stereocenters. The lowest BCUT2D eigenvalue weighted by atomic mass is 9.94. The van der Waals surface area contributed by atoms with Crippen LogP contribution in [0.5, 0.6) is 5.75 Å². The number of Topliss-reactive ketones (excluding diaryl/α,β-unsaturated/α-hetero) is 1. The summed E-state index contributed by atoms with van der Waals surface area (Å²) in [5, 5.41) is 11.2. The molecule has 3 heterocycles. The first kappa shape index (κ1) is 20.9. The predicted molar refractivity (Wildman–Crippen MR) is 119 cm³/mol. The Balaban J connectivity index is 1.62. The molecule has 2 atom stereocenters. The van der Waals surface area contributed by atoms with E-state index in [-0.39, 0.29) is 24.0 Å². The molecular weight excluding hydrogens is 423 g/mol. The van der Waals surface area contributed by atoms with Crippen LogP contribution in [-0.4, -0.2) is 32.8 Å². The number of carbonyl (C=O) groups is 2. The second kappa shape index (κ2) is 8.16. The van der Waals surface area contributed by atoms with Crippen LogP contribution in [0.4, 0.5) is 4.39 Å². The number of benzene rings is 2. The first-order chi connectivity index (χ1) is 15.9. The van der Waals surface area contributed by atoms with Gasteiger partial charge in [0.25, 0.3) is 11.7 Å². The quantitative estimate of drug-likeness (QED) is 0.371. The first-order valence-corrected chi connectivity index (χ1v) is 10.6. The molecule has 1 amide bonds. The zero-order chi connectivity index (χ0) is 23.1. The van der Waals surface area contributed by atoms with Crippen molar-refractivity contribution in [3.05, 3.63) is 101 Å². The summed E-state index contributed by atoms with van der Waals surface area (Å²) in [5.41, 5.74) is 2.65. The number of hydrogen-bond donors (Lipinski definition) is 1. The van der Waals surface area contributed by atoms with Crippen LogP contribution < -0.4 is 4.74 Å². The van der Waals surface area contributed by atoms with E-state index in [0.29, 0.717) is 17.5 Å². The van der Waals surface area contributed by atoms with Crippen LogP contribution >= 0.6 is 0 Å². The van der Waals surface area contributed by atoms with Gasteiger partial charge < -0.3 is 14.7 Å². The normalized spacial score (nSPS) is 21.2. The molecule has 6 nitrogen and oxygen atoms in total. The summed E-state index contributed by atoms with van der Waals surface area (Å²) in [6.45, 7) is 2.10. The molecular formula is C26H21FN2O4. The summed E-state index contributed by atoms with van der Waals surface area (Å²) < 4.78 is 19.3. The van der Waals surface area contributed by atoms with Crippen LogP contribution in [0.3, 0.4) is 0 Å². The minimum atomic E-state index is -0.859. The molecule has 2 aliphatic heterocycles. The molecule has 33 heavy (non-hydrogen) atoms. The van der Waals surface area contributed by atoms with Crippen molar-refractivity contribution in [2.24, 2.45) is 0 Å². The number of ether oxygens (including phenoxy) is 1. The van der Waals surface area contributed by atoms with E-state index in [1.807, 2.05) is 6.92 Å². The maximum absolute atomic E-state index is 13.6. The van der Waals surface area contributed by atoms with E-state index >= 15 is 0 Å². The van der Waals surface area contributed by atoms with Gasteiger partial charge in [-0.05, 0) is 66.1 Å². The minimum Gasteiger partial charge on any atom is -0.507 e. The average Bonchev–Trinajstić information content (AvgIpc) is 3.31. The van der Waals surface area contributed by atoms with Gasteiger partial charge in [0, 0.05) is 30.9 Å². The lowest BCUT2D eigenvalue weighted by Gasteiger charge is -2.25. The second-order valence-electron chi connectivity index (χ2n) is 8.29. The molecule has 0 bridgehead atoms. The van der Waals surface area contributed by atoms with Crippen molar-refractivity contribution in [3.63, 3.8) is 0 Å². The summed E-state index contributed by atoms with van der Waals surface area (Å²) >= 11 is 0. The molecule has 5 rings (SSSR count). The van der Waals surface area contributed by atoms with Crippen molar-refractivity contribution in [3.8, 4) is 5.75 Å². The molecule has 2 aliphatic rings. The van der Waals surface area contributed by atoms with Crippen molar-refractivity contribution in [1.82, 2.24) is 9.88 Å². The van der Waals surface area contributed by atoms with Gasteiger partial charge in [0.1, 0.15) is 23.4 Å². The van der Waals surface area contributed by atoms with Crippen LogP contribution in [-0.2, 0) is 22.6 Å². The van der Waals surface area contributed by atoms with E-state index in [4.69, 9.17) is 4.74 Å². The van der Waals surface area contributed by atoms with E-state index < -0.39 is 23.5 Å². The Morgan fingerprint density at radius 2 is 1.85 bits per heavy atom. The van der Waals surface area contributed by atoms with Crippen molar-refractivity contribution >= 4 is 17.4 Å². The van der Waals surface area contributed by atoms with Gasteiger partial charge in [-0.2, -0.15) is 0 Å². The number of fused-ring (bicyclic) bond motifs is 1. The highest BCUT2D eigenvalue weighted by Gasteiger charge is 2.46. The molecule has 166 valence electrons. The highest BCUT2D eigenvalue weighted by atomic mass is 19.1. The summed E-state index contributed by atoms with van der Waals surface area (Å²) in [5.74, 6) is -1.45. The summed E-state index contributed by atoms with van der Waals surface area (Å²) in [4.78, 5) is 31.6. The van der Waals surface area contributed by atoms with Crippen molar-refractivity contribution < 1.29 is 23.8 Å². The Morgan fingerprint density at radius 1 is 1.12 bits per heavy atom. The van der Waals surface area contributed by atoms with Gasteiger partial charge in [-0.25, -0.2) is 4.39 Å². The van der Waals surface area contributed by atoms with Crippen LogP contribution in [0.1, 0.15) is 35.2 Å². The second-order valence-corrected chi connectivity index (χ2v) is 8.29. The fraction of sp³-hybridized carbons (Fsp3) is 0.192. The number of ketones is 1. The van der Waals surface area contributed by atoms with E-state index in [9.17, 15) is 19.1 Å². The van der Waals surface area contributed by atoms with E-state index in [2.05, 4.69) is 4.98 Å². The molecule has 2 aromatic carbocycles. The molecule has 0 aliphatic carbocycles. The first-order valence-electron chi connectivity index (χ1n) is 10.6. The number of aromatic nitrogens is 1. The molecule has 1 fully saturated rings. The standard InChI is InChI=1S/C26H21FN2O4/c1-15-12-19-13-18(4-7-21(19)33-15)24(30)22-23(17-2-5-20(27)6-3-17)29(26(32)25(22)31)14-16-8-10-28-11-9-16/h2-11,13,15,23,30H,12,14H2,1H3/b24-22-. The number of likely N-dealkylation sites (tertiary alicyclic amines) is 1. The molecule has 1 saturated heterocycles. The third kappa shape index (κ3) is 3.75. The molecule has 0 saturated carbocycles. The Labute approximate surface area is 190 Å². The molecule has 3 aromatic rings. The van der Waals surface area contributed by atoms with Gasteiger partial charge in [-0.15, -0.1) is 0 Å². The van der Waals surface area contributed by atoms with Gasteiger partial charge in [0.15, 0.2) is 0 Å². The molecule has 0 radical (unpaired) electrons. The number of carbonyl (C=O) groups excluding carboxylic acids is 2. The minimum absolute atomic E-state index is 0.0208. The SMILES string of the molecule is CC1Cc2cc(/C(O)=C3/C(=O)C(=O)N(Cc4ccncc4)C3c3ccc(F)cc3)ccc2O1. The third-order valence-corrected chi connectivity index (χ3v) is 6.00. The average molecular weight is 444 g/mol. The largest absolute Gasteiger partial charge is 0.507 e. The van der Waals surface area contributed by atoms with Gasteiger partial charge in [0.2, 0.25) is 0 Å². The Bertz CT molecular complexity index is 1270. The number of aliphatic hydroxyl groups is 1. The zero-order valence-corrected chi connectivity index (χ0v) is 17.9. The van der Waals surface area contributed by atoms with Crippen LogP contribution in [0, 0.1) is 5.82 Å². The maximum Gasteiger partial charge on any atom is 0.295 e. The topological polar surface area (TPSA) is 79.7 Å². The third-order valence-electron chi connectivity index (χ3n) is 6.00. The molecule has 1 aromatic heterocycles. The fourth-order valence-corrected chi connectivity index (χ4v) is 4.44. The number of halogens is 1. The van der Waals surface area contributed by atoms with Crippen LogP contribution in [0.2, 0.25) is 0 Å². The highest BCUT2D eigenvalue weighted by molar-refractivity contribution is 6.46. The van der Waals surface area contributed by atoms with Gasteiger partial charge >= 0.3 is 0 Å². The smallest absolute Gasteiger partial charge is 0.295 e. The monoisotopic (exact) mass is 444 g/mol. The number of rotatable bonds is 4. The van der Waals surface area contributed by atoms with E-state index in [1.165, 1.54) is 29.2 Å².